The zero-order valence-corrected chi connectivity index (χ0v) is 19.9. The van der Waals surface area contributed by atoms with E-state index in [1.165, 1.54) is 18.1 Å². The van der Waals surface area contributed by atoms with Gasteiger partial charge in [0.2, 0.25) is 6.79 Å². The van der Waals surface area contributed by atoms with E-state index in [1.54, 1.807) is 12.1 Å². The van der Waals surface area contributed by atoms with Crippen molar-refractivity contribution in [1.29, 1.82) is 0 Å². The fourth-order valence-corrected chi connectivity index (χ4v) is 4.89. The van der Waals surface area contributed by atoms with Crippen LogP contribution in [0.1, 0.15) is 48.2 Å². The van der Waals surface area contributed by atoms with Gasteiger partial charge in [0.15, 0.2) is 22.9 Å². The van der Waals surface area contributed by atoms with E-state index in [4.69, 9.17) is 18.9 Å². The van der Waals surface area contributed by atoms with Gasteiger partial charge in [-0.05, 0) is 61.6 Å². The van der Waals surface area contributed by atoms with E-state index in [9.17, 15) is 9.59 Å². The normalized spacial score (nSPS) is 15.6. The van der Waals surface area contributed by atoms with Crippen LogP contribution in [0.4, 0.5) is 0 Å². The number of benzene rings is 2. The summed E-state index contributed by atoms with van der Waals surface area (Å²) in [6.45, 7) is 0.323. The van der Waals surface area contributed by atoms with Crippen LogP contribution in [0.3, 0.4) is 0 Å². The molecule has 2 aliphatic rings. The Bertz CT molecular complexity index is 1280. The van der Waals surface area contributed by atoms with E-state index in [-0.39, 0.29) is 30.7 Å². The summed E-state index contributed by atoms with van der Waals surface area (Å²) in [7, 11) is 1.31. The summed E-state index contributed by atoms with van der Waals surface area (Å²) in [6.07, 6.45) is 5.16. The summed E-state index contributed by atoms with van der Waals surface area (Å²) in [5.74, 6) is 1.05. The molecule has 0 spiro atoms. The van der Waals surface area contributed by atoms with Gasteiger partial charge in [-0.2, -0.15) is 0 Å². The van der Waals surface area contributed by atoms with Gasteiger partial charge in [0.1, 0.15) is 0 Å². The monoisotopic (exact) mass is 513 g/mol. The molecule has 1 saturated carbocycles. The molecule has 1 aliphatic heterocycles. The number of hydrogen-bond donors (Lipinski definition) is 0. The summed E-state index contributed by atoms with van der Waals surface area (Å²) in [5.41, 5.74) is 0.634. The predicted octanol–water partition coefficient (Wildman–Crippen LogP) is 5.04. The average molecular weight is 514 g/mol. The number of pyridine rings is 1. The maximum absolute atomic E-state index is 13.6. The summed E-state index contributed by atoms with van der Waals surface area (Å²) in [5, 5.41) is 1.08. The van der Waals surface area contributed by atoms with Crippen molar-refractivity contribution < 1.29 is 23.7 Å². The van der Waals surface area contributed by atoms with Crippen LogP contribution in [0.5, 0.6) is 17.2 Å². The summed E-state index contributed by atoms with van der Waals surface area (Å²) in [6, 6.07) is 10.9. The van der Waals surface area contributed by atoms with Crippen molar-refractivity contribution in [3.63, 3.8) is 0 Å². The van der Waals surface area contributed by atoms with Crippen LogP contribution in [0.2, 0.25) is 0 Å². The molecule has 0 N–H and O–H groups in total. The zero-order chi connectivity index (χ0) is 22.9. The van der Waals surface area contributed by atoms with Gasteiger partial charge in [0.05, 0.1) is 25.1 Å². The van der Waals surface area contributed by atoms with Crippen LogP contribution in [0, 0.1) is 0 Å². The number of esters is 1. The van der Waals surface area contributed by atoms with Crippen molar-refractivity contribution >= 4 is 32.7 Å². The highest BCUT2D eigenvalue weighted by atomic mass is 79.9. The highest BCUT2D eigenvalue weighted by molar-refractivity contribution is 9.10. The largest absolute Gasteiger partial charge is 0.487 e. The smallest absolute Gasteiger partial charge is 0.358 e. The summed E-state index contributed by atoms with van der Waals surface area (Å²) in [4.78, 5) is 26.6. The Kier molecular flexibility index (Phi) is 6.01. The van der Waals surface area contributed by atoms with E-state index in [0.717, 1.165) is 35.7 Å². The van der Waals surface area contributed by atoms with Crippen molar-refractivity contribution in [1.82, 2.24) is 4.57 Å². The summed E-state index contributed by atoms with van der Waals surface area (Å²) < 4.78 is 24.7. The minimum Gasteiger partial charge on any atom is -0.487 e. The Morgan fingerprint density at radius 1 is 1.06 bits per heavy atom. The summed E-state index contributed by atoms with van der Waals surface area (Å²) >= 11 is 3.49. The molecule has 1 aromatic heterocycles. The van der Waals surface area contributed by atoms with Crippen LogP contribution >= 0.6 is 15.9 Å². The Morgan fingerprint density at radius 3 is 2.64 bits per heavy atom. The lowest BCUT2D eigenvalue weighted by Gasteiger charge is -2.26. The van der Waals surface area contributed by atoms with Crippen LogP contribution < -0.4 is 19.8 Å². The Balaban J connectivity index is 1.70. The number of fused-ring (bicyclic) bond motifs is 2. The van der Waals surface area contributed by atoms with Crippen LogP contribution in [0.15, 0.2) is 45.7 Å². The molecule has 3 aromatic rings. The molecule has 0 saturated heterocycles. The molecule has 0 unspecified atom stereocenters. The first-order chi connectivity index (χ1) is 16.0. The SMILES string of the molecule is COC(=O)c1c(OC2CCCCC2)c2cc(Br)ccc2c(=O)n1Cc1ccc2c(c1)OCO2. The lowest BCUT2D eigenvalue weighted by Crippen LogP contribution is -2.30. The first-order valence-electron chi connectivity index (χ1n) is 11.0. The molecule has 8 heteroatoms. The molecule has 5 rings (SSSR count). The molecule has 2 aromatic carbocycles. The van der Waals surface area contributed by atoms with Gasteiger partial charge in [-0.3, -0.25) is 9.36 Å². The number of carbonyl (C=O) groups excluding carboxylic acids is 1. The molecular formula is C25H24BrNO6. The second-order valence-corrected chi connectivity index (χ2v) is 9.23. The minimum atomic E-state index is -0.611. The van der Waals surface area contributed by atoms with Gasteiger partial charge in [-0.1, -0.05) is 28.4 Å². The van der Waals surface area contributed by atoms with E-state index < -0.39 is 5.97 Å². The van der Waals surface area contributed by atoms with Crippen molar-refractivity contribution in [2.45, 2.75) is 44.8 Å². The van der Waals surface area contributed by atoms with Gasteiger partial charge in [0.25, 0.3) is 5.56 Å². The van der Waals surface area contributed by atoms with Gasteiger partial charge in [-0.25, -0.2) is 4.79 Å². The molecule has 33 heavy (non-hydrogen) atoms. The van der Waals surface area contributed by atoms with Crippen LogP contribution in [-0.4, -0.2) is 30.5 Å². The Morgan fingerprint density at radius 2 is 1.85 bits per heavy atom. The van der Waals surface area contributed by atoms with E-state index in [0.29, 0.717) is 28.0 Å². The number of methoxy groups -OCH3 is 1. The second kappa shape index (κ2) is 9.09. The minimum absolute atomic E-state index is 0.0131. The maximum atomic E-state index is 13.6. The lowest BCUT2D eigenvalue weighted by atomic mass is 9.97. The van der Waals surface area contributed by atoms with Crippen LogP contribution in [0.25, 0.3) is 10.8 Å². The average Bonchev–Trinajstić information content (AvgIpc) is 3.30. The third-order valence-corrected chi connectivity index (χ3v) is 6.67. The molecule has 172 valence electrons. The molecule has 0 atom stereocenters. The van der Waals surface area contributed by atoms with Gasteiger partial charge < -0.3 is 18.9 Å². The number of rotatable bonds is 5. The number of carbonyl (C=O) groups is 1. The molecule has 7 nitrogen and oxygen atoms in total. The lowest BCUT2D eigenvalue weighted by molar-refractivity contribution is 0.0576. The number of ether oxygens (including phenoxy) is 4. The highest BCUT2D eigenvalue weighted by Crippen LogP contribution is 2.36. The molecule has 1 fully saturated rings. The van der Waals surface area contributed by atoms with E-state index in [1.807, 2.05) is 24.3 Å². The third-order valence-electron chi connectivity index (χ3n) is 6.18. The zero-order valence-electron chi connectivity index (χ0n) is 18.3. The number of aromatic nitrogens is 1. The fraction of sp³-hybridized carbons (Fsp3) is 0.360. The molecule has 0 amide bonds. The first-order valence-corrected chi connectivity index (χ1v) is 11.8. The molecular weight excluding hydrogens is 490 g/mol. The topological polar surface area (TPSA) is 76.0 Å². The quantitative estimate of drug-likeness (QED) is 0.445. The number of halogens is 1. The molecule has 0 radical (unpaired) electrons. The molecule has 1 aliphatic carbocycles. The fourth-order valence-electron chi connectivity index (χ4n) is 4.53. The predicted molar refractivity (Wildman–Crippen MR) is 126 cm³/mol. The molecule has 0 bridgehead atoms. The Labute approximate surface area is 199 Å². The van der Waals surface area contributed by atoms with E-state index in [2.05, 4.69) is 15.9 Å². The Hall–Kier alpha value is -3.00. The van der Waals surface area contributed by atoms with Gasteiger partial charge >= 0.3 is 5.97 Å². The third kappa shape index (κ3) is 4.19. The maximum Gasteiger partial charge on any atom is 0.358 e. The van der Waals surface area contributed by atoms with E-state index >= 15 is 0 Å². The number of nitrogens with zero attached hydrogens (tertiary/aromatic N) is 1. The van der Waals surface area contributed by atoms with Crippen molar-refractivity contribution in [3.8, 4) is 17.2 Å². The number of hydrogen-bond acceptors (Lipinski definition) is 6. The van der Waals surface area contributed by atoms with Crippen LogP contribution in [-0.2, 0) is 11.3 Å². The molecule has 2 heterocycles. The van der Waals surface area contributed by atoms with Crippen molar-refractivity contribution in [2.75, 3.05) is 13.9 Å². The van der Waals surface area contributed by atoms with Gasteiger partial charge in [-0.15, -0.1) is 0 Å². The first kappa shape index (κ1) is 21.8. The van der Waals surface area contributed by atoms with Crippen molar-refractivity contribution in [3.05, 3.63) is 62.5 Å². The highest BCUT2D eigenvalue weighted by Gasteiger charge is 2.27. The van der Waals surface area contributed by atoms with Gasteiger partial charge in [0, 0.05) is 9.86 Å². The van der Waals surface area contributed by atoms with Crippen molar-refractivity contribution in [2.24, 2.45) is 0 Å². The standard InChI is InChI=1S/C25H24BrNO6/c1-30-25(29)22-23(33-17-5-3-2-4-6-17)19-12-16(26)8-9-18(19)24(28)27(22)13-15-7-10-20-21(11-15)32-14-31-20/h7-12,17H,2-6,13-14H2,1H3. The second-order valence-electron chi connectivity index (χ2n) is 8.32.